The molecule has 5 nitrogen and oxygen atoms in total. The normalized spacial score (nSPS) is 11.3. The molecule has 0 bridgehead atoms. The van der Waals surface area contributed by atoms with E-state index in [2.05, 4.69) is 11.9 Å². The number of ether oxygens (including phenoxy) is 1. The topological polar surface area (TPSA) is 58.6 Å². The van der Waals surface area contributed by atoms with Crippen LogP contribution in [0, 0.1) is 0 Å². The van der Waals surface area contributed by atoms with Crippen LogP contribution in [0.25, 0.3) is 0 Å². The number of aryl methyl sites for hydroxylation is 1. The predicted octanol–water partition coefficient (Wildman–Crippen LogP) is 4.70. The number of hydrogen-bond donors (Lipinski definition) is 1. The minimum atomic E-state index is -0.753. The zero-order valence-electron chi connectivity index (χ0n) is 18.9. The lowest BCUT2D eigenvalue weighted by atomic mass is 10.0. The average molecular weight is 443 g/mol. The van der Waals surface area contributed by atoms with E-state index in [9.17, 15) is 9.59 Å². The van der Waals surface area contributed by atoms with Crippen molar-refractivity contribution >= 4 is 11.8 Å². The Morgan fingerprint density at radius 1 is 0.939 bits per heavy atom. The Morgan fingerprint density at radius 3 is 2.18 bits per heavy atom. The maximum Gasteiger partial charge on any atom is 0.247 e. The van der Waals surface area contributed by atoms with Crippen LogP contribution in [0.2, 0.25) is 0 Å². The summed E-state index contributed by atoms with van der Waals surface area (Å²) in [6.07, 6.45) is 2.54. The Balaban J connectivity index is 1.92. The van der Waals surface area contributed by atoms with E-state index in [4.69, 9.17) is 4.74 Å². The molecule has 33 heavy (non-hydrogen) atoms. The van der Waals surface area contributed by atoms with Crippen LogP contribution in [0.1, 0.15) is 29.2 Å². The number of carbonyl (C=O) groups excluding carboxylic acids is 2. The number of nitrogens with zero attached hydrogens (tertiary/aromatic N) is 1. The van der Waals surface area contributed by atoms with Crippen molar-refractivity contribution in [1.82, 2.24) is 10.2 Å². The first kappa shape index (κ1) is 23.8. The molecule has 3 aromatic rings. The fourth-order valence-corrected chi connectivity index (χ4v) is 3.67. The van der Waals surface area contributed by atoms with Gasteiger partial charge in [0.25, 0.3) is 0 Å². The Bertz CT molecular complexity index is 1030. The second-order valence-corrected chi connectivity index (χ2v) is 7.70. The number of amides is 2. The van der Waals surface area contributed by atoms with Crippen molar-refractivity contribution in [2.45, 2.75) is 25.4 Å². The van der Waals surface area contributed by atoms with Crippen molar-refractivity contribution in [3.8, 4) is 5.75 Å². The van der Waals surface area contributed by atoms with Crippen molar-refractivity contribution in [2.24, 2.45) is 0 Å². The molecule has 0 radical (unpaired) electrons. The van der Waals surface area contributed by atoms with E-state index in [0.29, 0.717) is 25.9 Å². The van der Waals surface area contributed by atoms with E-state index >= 15 is 0 Å². The molecule has 170 valence electrons. The standard InChI is InChI=1S/C28H30N2O3/c1-3-20-29-28(32)27(24-12-8-5-9-13-24)30(21-23-14-17-25(33-2)18-15-23)26(31)19-16-22-10-6-4-7-11-22/h3-15,17-18,27H,1,16,19-21H2,2H3,(H,29,32)/t27-/m1/s1. The second kappa shape index (κ2) is 12.2. The molecular weight excluding hydrogens is 412 g/mol. The van der Waals surface area contributed by atoms with Crippen molar-refractivity contribution in [1.29, 1.82) is 0 Å². The van der Waals surface area contributed by atoms with Crippen LogP contribution in [0.15, 0.2) is 97.6 Å². The summed E-state index contributed by atoms with van der Waals surface area (Å²) in [5.74, 6) is 0.420. The molecule has 0 saturated heterocycles. The Labute approximate surface area is 195 Å². The quantitative estimate of drug-likeness (QED) is 0.438. The third-order valence-corrected chi connectivity index (χ3v) is 5.40. The summed E-state index contributed by atoms with van der Waals surface area (Å²) < 4.78 is 5.25. The summed E-state index contributed by atoms with van der Waals surface area (Å²) in [6.45, 7) is 4.32. The summed E-state index contributed by atoms with van der Waals surface area (Å²) in [5.41, 5.74) is 2.77. The lowest BCUT2D eigenvalue weighted by Gasteiger charge is -2.31. The third kappa shape index (κ3) is 6.81. The van der Waals surface area contributed by atoms with Gasteiger partial charge < -0.3 is 15.0 Å². The molecule has 0 heterocycles. The van der Waals surface area contributed by atoms with Crippen LogP contribution in [0.5, 0.6) is 5.75 Å². The number of rotatable bonds is 11. The van der Waals surface area contributed by atoms with E-state index in [1.54, 1.807) is 18.1 Å². The van der Waals surface area contributed by atoms with Crippen LogP contribution in [-0.2, 0) is 22.6 Å². The Morgan fingerprint density at radius 2 is 1.58 bits per heavy atom. The number of benzene rings is 3. The van der Waals surface area contributed by atoms with Gasteiger partial charge in [-0.25, -0.2) is 0 Å². The molecule has 3 rings (SSSR count). The number of hydrogen-bond acceptors (Lipinski definition) is 3. The van der Waals surface area contributed by atoms with Gasteiger partial charge in [0.05, 0.1) is 7.11 Å². The minimum Gasteiger partial charge on any atom is -0.497 e. The fourth-order valence-electron chi connectivity index (χ4n) is 3.67. The molecule has 0 unspecified atom stereocenters. The summed E-state index contributed by atoms with van der Waals surface area (Å²) in [4.78, 5) is 28.4. The van der Waals surface area contributed by atoms with Gasteiger partial charge in [-0.2, -0.15) is 0 Å². The van der Waals surface area contributed by atoms with E-state index in [-0.39, 0.29) is 11.8 Å². The molecule has 0 saturated carbocycles. The highest BCUT2D eigenvalue weighted by molar-refractivity contribution is 5.89. The van der Waals surface area contributed by atoms with Gasteiger partial charge in [-0.15, -0.1) is 6.58 Å². The van der Waals surface area contributed by atoms with Crippen LogP contribution in [-0.4, -0.2) is 30.4 Å². The molecule has 0 aliphatic heterocycles. The molecule has 1 atom stereocenters. The second-order valence-electron chi connectivity index (χ2n) is 7.70. The highest BCUT2D eigenvalue weighted by Crippen LogP contribution is 2.26. The van der Waals surface area contributed by atoms with E-state index < -0.39 is 6.04 Å². The minimum absolute atomic E-state index is 0.0859. The summed E-state index contributed by atoms with van der Waals surface area (Å²) >= 11 is 0. The van der Waals surface area contributed by atoms with E-state index in [0.717, 1.165) is 22.4 Å². The van der Waals surface area contributed by atoms with Gasteiger partial charge in [-0.3, -0.25) is 9.59 Å². The predicted molar refractivity (Wildman–Crippen MR) is 131 cm³/mol. The van der Waals surface area contributed by atoms with Gasteiger partial charge >= 0.3 is 0 Å². The highest BCUT2D eigenvalue weighted by atomic mass is 16.5. The molecule has 3 aromatic carbocycles. The highest BCUT2D eigenvalue weighted by Gasteiger charge is 2.31. The van der Waals surface area contributed by atoms with Gasteiger partial charge in [-0.1, -0.05) is 78.9 Å². The molecular formula is C28H30N2O3. The van der Waals surface area contributed by atoms with Crippen molar-refractivity contribution < 1.29 is 14.3 Å². The largest absolute Gasteiger partial charge is 0.497 e. The van der Waals surface area contributed by atoms with Gasteiger partial charge in [-0.05, 0) is 35.2 Å². The summed E-state index contributed by atoms with van der Waals surface area (Å²) in [7, 11) is 1.61. The van der Waals surface area contributed by atoms with Gasteiger partial charge in [0.2, 0.25) is 11.8 Å². The molecule has 0 spiro atoms. The van der Waals surface area contributed by atoms with E-state index in [1.807, 2.05) is 84.9 Å². The van der Waals surface area contributed by atoms with E-state index in [1.165, 1.54) is 0 Å². The Hall–Kier alpha value is -3.86. The molecule has 2 amide bonds. The smallest absolute Gasteiger partial charge is 0.247 e. The van der Waals surface area contributed by atoms with Crippen molar-refractivity contribution in [3.05, 3.63) is 114 Å². The molecule has 0 fully saturated rings. The van der Waals surface area contributed by atoms with Gasteiger partial charge in [0.1, 0.15) is 11.8 Å². The first-order chi connectivity index (χ1) is 16.1. The number of nitrogens with one attached hydrogen (secondary N) is 1. The summed E-state index contributed by atoms with van der Waals surface area (Å²) in [6, 6.07) is 26.1. The SMILES string of the molecule is C=CCNC(=O)[C@@H](c1ccccc1)N(Cc1ccc(OC)cc1)C(=O)CCc1ccccc1. The lowest BCUT2D eigenvalue weighted by molar-refractivity contribution is -0.141. The Kier molecular flexibility index (Phi) is 8.83. The molecule has 1 N–H and O–H groups in total. The molecule has 0 aromatic heterocycles. The zero-order chi connectivity index (χ0) is 23.5. The van der Waals surface area contributed by atoms with Crippen LogP contribution < -0.4 is 10.1 Å². The first-order valence-electron chi connectivity index (χ1n) is 11.0. The van der Waals surface area contributed by atoms with Crippen molar-refractivity contribution in [2.75, 3.05) is 13.7 Å². The molecule has 0 aliphatic rings. The third-order valence-electron chi connectivity index (χ3n) is 5.40. The fraction of sp³-hybridized carbons (Fsp3) is 0.214. The first-order valence-corrected chi connectivity index (χ1v) is 11.0. The van der Waals surface area contributed by atoms with Crippen LogP contribution in [0.3, 0.4) is 0 Å². The molecule has 5 heteroatoms. The zero-order valence-corrected chi connectivity index (χ0v) is 18.9. The maximum absolute atomic E-state index is 13.5. The van der Waals surface area contributed by atoms with Crippen molar-refractivity contribution in [3.63, 3.8) is 0 Å². The van der Waals surface area contributed by atoms with Crippen LogP contribution >= 0.6 is 0 Å². The number of carbonyl (C=O) groups is 2. The lowest BCUT2D eigenvalue weighted by Crippen LogP contribution is -2.43. The van der Waals surface area contributed by atoms with Gasteiger partial charge in [0, 0.05) is 19.5 Å². The van der Waals surface area contributed by atoms with Crippen LogP contribution in [0.4, 0.5) is 0 Å². The maximum atomic E-state index is 13.5. The van der Waals surface area contributed by atoms with Gasteiger partial charge in [0.15, 0.2) is 0 Å². The monoisotopic (exact) mass is 442 g/mol. The average Bonchev–Trinajstić information content (AvgIpc) is 2.87. The number of methoxy groups -OCH3 is 1. The molecule has 0 aliphatic carbocycles. The summed E-state index contributed by atoms with van der Waals surface area (Å²) in [5, 5.41) is 2.87.